The molecule has 1 aliphatic rings. The Morgan fingerprint density at radius 2 is 2.00 bits per heavy atom. The topological polar surface area (TPSA) is 69.9 Å². The standard InChI is InChI=1S/C19H16ClNO5/c1-2-23-9-12-11-5-3-4-6-15(11)26-18(12)19(22)21-14-8-17-16(7-13(14)20)24-10-25-17/h3-8H,2,9-10H2,1H3,(H,21,22). The fraction of sp³-hybridized carbons (Fsp3) is 0.211. The molecule has 0 bridgehead atoms. The normalized spacial score (nSPS) is 12.5. The van der Waals surface area contributed by atoms with Gasteiger partial charge in [0, 0.05) is 29.7 Å². The third-order valence-corrected chi connectivity index (χ3v) is 4.38. The van der Waals surface area contributed by atoms with Crippen LogP contribution in [-0.4, -0.2) is 19.3 Å². The van der Waals surface area contributed by atoms with Gasteiger partial charge in [-0.1, -0.05) is 29.8 Å². The Balaban J connectivity index is 1.68. The first-order valence-electron chi connectivity index (χ1n) is 8.16. The number of anilines is 1. The SMILES string of the molecule is CCOCc1c(C(=O)Nc2cc3c(cc2Cl)OCO3)oc2ccccc12. The number of nitrogens with one attached hydrogen (secondary N) is 1. The van der Waals surface area contributed by atoms with Gasteiger partial charge < -0.3 is 23.9 Å². The van der Waals surface area contributed by atoms with E-state index >= 15 is 0 Å². The molecule has 0 aliphatic carbocycles. The zero-order valence-electron chi connectivity index (χ0n) is 14.0. The Morgan fingerprint density at radius 1 is 1.23 bits per heavy atom. The van der Waals surface area contributed by atoms with Crippen molar-refractivity contribution in [3.8, 4) is 11.5 Å². The van der Waals surface area contributed by atoms with Crippen LogP contribution < -0.4 is 14.8 Å². The van der Waals surface area contributed by atoms with Gasteiger partial charge in [-0.3, -0.25) is 4.79 Å². The minimum Gasteiger partial charge on any atom is -0.454 e. The van der Waals surface area contributed by atoms with E-state index in [1.807, 2.05) is 31.2 Å². The number of ether oxygens (including phenoxy) is 3. The van der Waals surface area contributed by atoms with Gasteiger partial charge in [0.15, 0.2) is 17.3 Å². The Bertz CT molecular complexity index is 981. The highest BCUT2D eigenvalue weighted by Crippen LogP contribution is 2.39. The highest BCUT2D eigenvalue weighted by molar-refractivity contribution is 6.34. The molecule has 1 N–H and O–H groups in total. The van der Waals surface area contributed by atoms with Crippen LogP contribution in [0.15, 0.2) is 40.8 Å². The number of fused-ring (bicyclic) bond motifs is 2. The smallest absolute Gasteiger partial charge is 0.291 e. The highest BCUT2D eigenvalue weighted by Gasteiger charge is 2.23. The number of hydrogen-bond acceptors (Lipinski definition) is 5. The lowest BCUT2D eigenvalue weighted by molar-refractivity contribution is 0.0984. The van der Waals surface area contributed by atoms with Crippen LogP contribution in [0.2, 0.25) is 5.02 Å². The summed E-state index contributed by atoms with van der Waals surface area (Å²) >= 11 is 6.24. The molecule has 0 spiro atoms. The van der Waals surface area contributed by atoms with Gasteiger partial charge >= 0.3 is 0 Å². The quantitative estimate of drug-likeness (QED) is 0.707. The van der Waals surface area contributed by atoms with Crippen LogP contribution in [0, 0.1) is 0 Å². The molecule has 1 amide bonds. The second kappa shape index (κ2) is 6.90. The molecule has 1 aromatic heterocycles. The highest BCUT2D eigenvalue weighted by atomic mass is 35.5. The number of rotatable bonds is 5. The second-order valence-electron chi connectivity index (χ2n) is 5.68. The van der Waals surface area contributed by atoms with Gasteiger partial charge in [-0.05, 0) is 13.0 Å². The van der Waals surface area contributed by atoms with Gasteiger partial charge in [-0.25, -0.2) is 0 Å². The minimum atomic E-state index is -0.406. The molecule has 26 heavy (non-hydrogen) atoms. The van der Waals surface area contributed by atoms with Crippen molar-refractivity contribution < 1.29 is 23.4 Å². The van der Waals surface area contributed by atoms with Crippen molar-refractivity contribution in [2.24, 2.45) is 0 Å². The Labute approximate surface area is 154 Å². The van der Waals surface area contributed by atoms with E-state index < -0.39 is 5.91 Å². The summed E-state index contributed by atoms with van der Waals surface area (Å²) in [6, 6.07) is 10.7. The molecule has 134 valence electrons. The largest absolute Gasteiger partial charge is 0.454 e. The van der Waals surface area contributed by atoms with E-state index in [-0.39, 0.29) is 19.2 Å². The fourth-order valence-corrected chi connectivity index (χ4v) is 3.02. The molecular formula is C19H16ClNO5. The molecule has 0 radical (unpaired) electrons. The van der Waals surface area contributed by atoms with Gasteiger partial charge in [-0.2, -0.15) is 0 Å². The predicted octanol–water partition coefficient (Wildman–Crippen LogP) is 4.60. The maximum absolute atomic E-state index is 12.8. The van der Waals surface area contributed by atoms with Crippen molar-refractivity contribution in [3.05, 3.63) is 52.7 Å². The van der Waals surface area contributed by atoms with Crippen molar-refractivity contribution in [3.63, 3.8) is 0 Å². The molecule has 0 unspecified atom stereocenters. The zero-order chi connectivity index (χ0) is 18.1. The third-order valence-electron chi connectivity index (χ3n) is 4.07. The van der Waals surface area contributed by atoms with E-state index in [9.17, 15) is 4.79 Å². The minimum absolute atomic E-state index is 0.130. The van der Waals surface area contributed by atoms with Crippen LogP contribution in [0.4, 0.5) is 5.69 Å². The van der Waals surface area contributed by atoms with E-state index in [1.54, 1.807) is 12.1 Å². The summed E-state index contributed by atoms with van der Waals surface area (Å²) in [5, 5.41) is 3.98. The summed E-state index contributed by atoms with van der Waals surface area (Å²) in [5.74, 6) is 0.877. The van der Waals surface area contributed by atoms with Crippen LogP contribution in [0.3, 0.4) is 0 Å². The first-order valence-corrected chi connectivity index (χ1v) is 8.53. The van der Waals surface area contributed by atoms with E-state index in [0.29, 0.717) is 40.0 Å². The summed E-state index contributed by atoms with van der Waals surface area (Å²) in [7, 11) is 0. The molecular weight excluding hydrogens is 358 g/mol. The molecule has 6 nitrogen and oxygen atoms in total. The van der Waals surface area contributed by atoms with Gasteiger partial charge in [-0.15, -0.1) is 0 Å². The molecule has 4 rings (SSSR count). The van der Waals surface area contributed by atoms with Gasteiger partial charge in [0.1, 0.15) is 5.58 Å². The molecule has 0 saturated heterocycles. The third kappa shape index (κ3) is 2.98. The van der Waals surface area contributed by atoms with E-state index in [1.165, 1.54) is 0 Å². The average Bonchev–Trinajstić information content (AvgIpc) is 3.24. The summed E-state index contributed by atoms with van der Waals surface area (Å²) < 4.78 is 21.9. The Hall–Kier alpha value is -2.70. The number of halogens is 1. The van der Waals surface area contributed by atoms with Crippen molar-refractivity contribution in [1.82, 2.24) is 0 Å². The van der Waals surface area contributed by atoms with Crippen LogP contribution in [0.25, 0.3) is 11.0 Å². The van der Waals surface area contributed by atoms with Crippen molar-refractivity contribution >= 4 is 34.2 Å². The van der Waals surface area contributed by atoms with E-state index in [0.717, 1.165) is 5.39 Å². The van der Waals surface area contributed by atoms with E-state index in [2.05, 4.69) is 5.32 Å². The van der Waals surface area contributed by atoms with Crippen LogP contribution in [0.1, 0.15) is 23.0 Å². The molecule has 0 fully saturated rings. The van der Waals surface area contributed by atoms with Crippen LogP contribution in [-0.2, 0) is 11.3 Å². The molecule has 2 aromatic carbocycles. The summed E-state index contributed by atoms with van der Waals surface area (Å²) in [6.07, 6.45) is 0. The fourth-order valence-electron chi connectivity index (χ4n) is 2.82. The molecule has 0 atom stereocenters. The number of hydrogen-bond donors (Lipinski definition) is 1. The van der Waals surface area contributed by atoms with Crippen molar-refractivity contribution in [1.29, 1.82) is 0 Å². The number of carbonyl (C=O) groups excluding carboxylic acids is 1. The summed E-state index contributed by atoms with van der Waals surface area (Å²) in [5.41, 5.74) is 1.75. The lowest BCUT2D eigenvalue weighted by Gasteiger charge is -2.08. The zero-order valence-corrected chi connectivity index (χ0v) is 14.8. The lowest BCUT2D eigenvalue weighted by atomic mass is 10.1. The monoisotopic (exact) mass is 373 g/mol. The summed E-state index contributed by atoms with van der Waals surface area (Å²) in [6.45, 7) is 2.85. The number of carbonyl (C=O) groups is 1. The molecule has 0 saturated carbocycles. The van der Waals surface area contributed by atoms with Crippen molar-refractivity contribution in [2.45, 2.75) is 13.5 Å². The molecule has 7 heteroatoms. The lowest BCUT2D eigenvalue weighted by Crippen LogP contribution is -2.13. The van der Waals surface area contributed by atoms with Gasteiger partial charge in [0.25, 0.3) is 5.91 Å². The predicted molar refractivity (Wildman–Crippen MR) is 97.1 cm³/mol. The molecule has 2 heterocycles. The van der Waals surface area contributed by atoms with Gasteiger partial charge in [0.2, 0.25) is 6.79 Å². The number of para-hydroxylation sites is 1. The molecule has 1 aliphatic heterocycles. The number of furan rings is 1. The number of benzene rings is 2. The average molecular weight is 374 g/mol. The Morgan fingerprint density at radius 3 is 2.81 bits per heavy atom. The maximum atomic E-state index is 12.8. The van der Waals surface area contributed by atoms with Crippen LogP contribution >= 0.6 is 11.6 Å². The number of amides is 1. The summed E-state index contributed by atoms with van der Waals surface area (Å²) in [4.78, 5) is 12.8. The van der Waals surface area contributed by atoms with Crippen molar-refractivity contribution in [2.75, 3.05) is 18.7 Å². The first kappa shape index (κ1) is 16.8. The maximum Gasteiger partial charge on any atom is 0.291 e. The molecule has 3 aromatic rings. The van der Waals surface area contributed by atoms with Gasteiger partial charge in [0.05, 0.1) is 17.3 Å². The Kier molecular flexibility index (Phi) is 4.44. The first-order chi connectivity index (χ1) is 12.7. The second-order valence-corrected chi connectivity index (χ2v) is 6.09. The van der Waals surface area contributed by atoms with Crippen LogP contribution in [0.5, 0.6) is 11.5 Å². The van der Waals surface area contributed by atoms with E-state index in [4.69, 9.17) is 30.2 Å².